The van der Waals surface area contributed by atoms with E-state index >= 15 is 0 Å². The zero-order valence-electron chi connectivity index (χ0n) is 16.6. The Kier molecular flexibility index (Phi) is 5.57. The largest absolute Gasteiger partial charge is 0.478 e. The highest BCUT2D eigenvalue weighted by Gasteiger charge is 2.11. The maximum atomic E-state index is 12.3. The van der Waals surface area contributed by atoms with Gasteiger partial charge in [0.2, 0.25) is 5.91 Å². The molecule has 0 bridgehead atoms. The van der Waals surface area contributed by atoms with Crippen molar-refractivity contribution in [1.29, 1.82) is 0 Å². The Morgan fingerprint density at radius 3 is 2.74 bits per heavy atom. The number of nitrogens with zero attached hydrogens (tertiary/aromatic N) is 4. The summed E-state index contributed by atoms with van der Waals surface area (Å²) in [6, 6.07) is 12.3. The summed E-state index contributed by atoms with van der Waals surface area (Å²) in [6.07, 6.45) is 4.79. The average molecular weight is 417 g/mol. The Balaban J connectivity index is 1.44. The van der Waals surface area contributed by atoms with Gasteiger partial charge in [0.25, 0.3) is 0 Å². The predicted octanol–water partition coefficient (Wildman–Crippen LogP) is 2.79. The fourth-order valence-electron chi connectivity index (χ4n) is 3.00. The molecule has 4 rings (SSSR count). The van der Waals surface area contributed by atoms with E-state index in [0.29, 0.717) is 17.9 Å². The molecular formula is C22H19N5O4. The van der Waals surface area contributed by atoms with Gasteiger partial charge in [-0.1, -0.05) is 17.3 Å². The van der Waals surface area contributed by atoms with Crippen LogP contribution in [0.15, 0.2) is 65.5 Å². The highest BCUT2D eigenvalue weighted by Crippen LogP contribution is 2.17. The second-order valence-electron chi connectivity index (χ2n) is 6.94. The summed E-state index contributed by atoms with van der Waals surface area (Å²) >= 11 is 0. The van der Waals surface area contributed by atoms with Gasteiger partial charge in [0.15, 0.2) is 0 Å². The van der Waals surface area contributed by atoms with Crippen molar-refractivity contribution >= 4 is 11.9 Å². The number of pyridine rings is 1. The van der Waals surface area contributed by atoms with Crippen LogP contribution in [0, 0.1) is 6.92 Å². The van der Waals surface area contributed by atoms with Crippen LogP contribution in [-0.4, -0.2) is 37.0 Å². The molecule has 0 aliphatic carbocycles. The van der Waals surface area contributed by atoms with E-state index in [2.05, 4.69) is 20.6 Å². The molecule has 2 N–H and O–H groups in total. The topological polar surface area (TPSA) is 123 Å². The number of aryl methyl sites for hydroxylation is 1. The maximum Gasteiger partial charge on any atom is 0.337 e. The number of carboxylic acids is 1. The molecule has 4 aromatic rings. The Hall–Kier alpha value is -4.27. The molecule has 9 heteroatoms. The number of benzene rings is 1. The molecule has 3 aromatic heterocycles. The van der Waals surface area contributed by atoms with Gasteiger partial charge in [-0.15, -0.1) is 5.10 Å². The quantitative estimate of drug-likeness (QED) is 0.474. The number of carbonyl (C=O) groups is 2. The van der Waals surface area contributed by atoms with Crippen LogP contribution >= 0.6 is 0 Å². The van der Waals surface area contributed by atoms with E-state index in [9.17, 15) is 9.59 Å². The lowest BCUT2D eigenvalue weighted by Gasteiger charge is -2.06. The van der Waals surface area contributed by atoms with Crippen LogP contribution in [0.5, 0.6) is 0 Å². The van der Waals surface area contributed by atoms with Gasteiger partial charge < -0.3 is 14.8 Å². The summed E-state index contributed by atoms with van der Waals surface area (Å²) in [4.78, 5) is 27.4. The summed E-state index contributed by atoms with van der Waals surface area (Å²) in [5, 5.41) is 20.1. The average Bonchev–Trinajstić information content (AvgIpc) is 3.42. The molecule has 156 valence electrons. The van der Waals surface area contributed by atoms with Crippen LogP contribution in [0.2, 0.25) is 0 Å². The SMILES string of the molecule is Cc1ccoc1CNC(=O)Cc1cccc(-n2cc(-c3ccc(C(=O)O)cn3)nn2)c1. The zero-order valence-corrected chi connectivity index (χ0v) is 16.6. The number of furan rings is 1. The van der Waals surface area contributed by atoms with Crippen LogP contribution < -0.4 is 5.32 Å². The minimum Gasteiger partial charge on any atom is -0.478 e. The Morgan fingerprint density at radius 1 is 1.16 bits per heavy atom. The van der Waals surface area contributed by atoms with Crippen LogP contribution in [0.25, 0.3) is 17.1 Å². The van der Waals surface area contributed by atoms with E-state index in [1.54, 1.807) is 23.2 Å². The van der Waals surface area contributed by atoms with Crippen LogP contribution in [-0.2, 0) is 17.8 Å². The molecule has 0 fully saturated rings. The first kappa shape index (κ1) is 20.0. The molecule has 1 aromatic carbocycles. The highest BCUT2D eigenvalue weighted by atomic mass is 16.4. The number of hydrogen-bond donors (Lipinski definition) is 2. The first-order valence-corrected chi connectivity index (χ1v) is 9.50. The third kappa shape index (κ3) is 4.67. The van der Waals surface area contributed by atoms with Crippen molar-refractivity contribution in [1.82, 2.24) is 25.3 Å². The molecule has 0 spiro atoms. The Labute approximate surface area is 177 Å². The molecule has 31 heavy (non-hydrogen) atoms. The molecule has 1 amide bonds. The number of amides is 1. The van der Waals surface area contributed by atoms with Gasteiger partial charge in [0.05, 0.1) is 42.4 Å². The first-order chi connectivity index (χ1) is 15.0. The van der Waals surface area contributed by atoms with Gasteiger partial charge in [-0.25, -0.2) is 9.48 Å². The lowest BCUT2D eigenvalue weighted by Crippen LogP contribution is -2.24. The van der Waals surface area contributed by atoms with Crippen LogP contribution in [0.4, 0.5) is 0 Å². The van der Waals surface area contributed by atoms with Gasteiger partial charge in [-0.05, 0) is 48.4 Å². The summed E-state index contributed by atoms with van der Waals surface area (Å²) in [5.74, 6) is -0.417. The molecule has 0 aliphatic rings. The van der Waals surface area contributed by atoms with Crippen molar-refractivity contribution in [3.8, 4) is 17.1 Å². The number of hydrogen-bond acceptors (Lipinski definition) is 6. The number of carbonyl (C=O) groups excluding carboxylic acids is 1. The molecule has 0 aliphatic heterocycles. The minimum atomic E-state index is -1.04. The van der Waals surface area contributed by atoms with Crippen LogP contribution in [0.3, 0.4) is 0 Å². The second kappa shape index (κ2) is 8.62. The van der Waals surface area contributed by atoms with E-state index in [4.69, 9.17) is 9.52 Å². The van der Waals surface area contributed by atoms with Crippen molar-refractivity contribution < 1.29 is 19.1 Å². The lowest BCUT2D eigenvalue weighted by molar-refractivity contribution is -0.120. The van der Waals surface area contributed by atoms with E-state index in [0.717, 1.165) is 22.6 Å². The molecule has 0 atom stereocenters. The highest BCUT2D eigenvalue weighted by molar-refractivity contribution is 5.87. The minimum absolute atomic E-state index is 0.101. The fraction of sp³-hybridized carbons (Fsp3) is 0.136. The molecule has 9 nitrogen and oxygen atoms in total. The molecule has 0 radical (unpaired) electrons. The summed E-state index contributed by atoms with van der Waals surface area (Å²) in [6.45, 7) is 2.27. The predicted molar refractivity (Wildman–Crippen MR) is 111 cm³/mol. The molecule has 0 saturated carbocycles. The van der Waals surface area contributed by atoms with E-state index in [1.807, 2.05) is 37.3 Å². The van der Waals surface area contributed by atoms with Crippen LogP contribution in [0.1, 0.15) is 27.2 Å². The number of aromatic carboxylic acids is 1. The number of nitrogens with one attached hydrogen (secondary N) is 1. The van der Waals surface area contributed by atoms with Crippen molar-refractivity contribution in [2.24, 2.45) is 0 Å². The molecular weight excluding hydrogens is 398 g/mol. The van der Waals surface area contributed by atoms with Gasteiger partial charge in [0.1, 0.15) is 11.5 Å². The Morgan fingerprint density at radius 2 is 2.03 bits per heavy atom. The van der Waals surface area contributed by atoms with Gasteiger partial charge in [-0.2, -0.15) is 0 Å². The van der Waals surface area contributed by atoms with Gasteiger partial charge >= 0.3 is 5.97 Å². The standard InChI is InChI=1S/C22H19N5O4/c1-14-7-8-31-20(14)12-24-21(28)10-15-3-2-4-17(9-15)27-13-19(25-26-27)18-6-5-16(11-23-18)22(29)30/h2-9,11,13H,10,12H2,1H3,(H,24,28)(H,29,30). The molecule has 0 saturated heterocycles. The van der Waals surface area contributed by atoms with E-state index in [-0.39, 0.29) is 17.9 Å². The van der Waals surface area contributed by atoms with Crippen molar-refractivity contribution in [2.45, 2.75) is 19.9 Å². The number of carboxylic acid groups (broad SMARTS) is 1. The monoisotopic (exact) mass is 417 g/mol. The summed E-state index contributed by atoms with van der Waals surface area (Å²) in [7, 11) is 0. The van der Waals surface area contributed by atoms with Crippen molar-refractivity contribution in [3.05, 3.63) is 83.6 Å². The smallest absolute Gasteiger partial charge is 0.337 e. The Bertz CT molecular complexity index is 1230. The summed E-state index contributed by atoms with van der Waals surface area (Å²) < 4.78 is 6.91. The lowest BCUT2D eigenvalue weighted by atomic mass is 10.1. The number of aromatic nitrogens is 4. The maximum absolute atomic E-state index is 12.3. The third-order valence-electron chi connectivity index (χ3n) is 4.72. The van der Waals surface area contributed by atoms with E-state index < -0.39 is 5.97 Å². The van der Waals surface area contributed by atoms with Gasteiger partial charge in [-0.3, -0.25) is 9.78 Å². The zero-order chi connectivity index (χ0) is 21.8. The molecule has 3 heterocycles. The number of rotatable bonds is 7. The van der Waals surface area contributed by atoms with Gasteiger partial charge in [0, 0.05) is 6.20 Å². The normalized spacial score (nSPS) is 10.7. The fourth-order valence-corrected chi connectivity index (χ4v) is 3.00. The van der Waals surface area contributed by atoms with E-state index in [1.165, 1.54) is 12.3 Å². The molecule has 0 unspecified atom stereocenters. The first-order valence-electron chi connectivity index (χ1n) is 9.50. The second-order valence-corrected chi connectivity index (χ2v) is 6.94. The third-order valence-corrected chi connectivity index (χ3v) is 4.72. The van der Waals surface area contributed by atoms with Crippen molar-refractivity contribution in [2.75, 3.05) is 0 Å². The summed E-state index contributed by atoms with van der Waals surface area (Å²) in [5.41, 5.74) is 3.69. The van der Waals surface area contributed by atoms with Crippen molar-refractivity contribution in [3.63, 3.8) is 0 Å².